The molecule has 21 heavy (non-hydrogen) atoms. The fraction of sp³-hybridized carbons (Fsp3) is 0.250. The van der Waals surface area contributed by atoms with Crippen molar-refractivity contribution in [2.75, 3.05) is 14.2 Å². The van der Waals surface area contributed by atoms with Gasteiger partial charge in [-0.05, 0) is 29.3 Å². The van der Waals surface area contributed by atoms with Gasteiger partial charge in [0.25, 0.3) is 0 Å². The van der Waals surface area contributed by atoms with Gasteiger partial charge in [-0.2, -0.15) is 0 Å². The SMILES string of the molecule is COc1ccc(C(O)Cc2ccc(F)cc2F)cc1OC. The Labute approximate surface area is 121 Å². The van der Waals surface area contributed by atoms with Crippen molar-refractivity contribution in [2.24, 2.45) is 0 Å². The van der Waals surface area contributed by atoms with Crippen LogP contribution in [0.4, 0.5) is 8.78 Å². The van der Waals surface area contributed by atoms with Gasteiger partial charge in [-0.3, -0.25) is 0 Å². The molecule has 0 amide bonds. The molecule has 3 nitrogen and oxygen atoms in total. The molecule has 0 aromatic heterocycles. The molecule has 1 N–H and O–H groups in total. The minimum absolute atomic E-state index is 0.0433. The van der Waals surface area contributed by atoms with E-state index in [9.17, 15) is 13.9 Å². The number of methoxy groups -OCH3 is 2. The van der Waals surface area contributed by atoms with Crippen molar-refractivity contribution in [3.05, 3.63) is 59.2 Å². The summed E-state index contributed by atoms with van der Waals surface area (Å²) in [6.45, 7) is 0. The lowest BCUT2D eigenvalue weighted by atomic mass is 10.0. The number of aliphatic hydroxyl groups is 1. The third kappa shape index (κ3) is 3.49. The van der Waals surface area contributed by atoms with E-state index in [4.69, 9.17) is 9.47 Å². The molecule has 1 unspecified atom stereocenters. The van der Waals surface area contributed by atoms with Crippen molar-refractivity contribution in [1.29, 1.82) is 0 Å². The van der Waals surface area contributed by atoms with Gasteiger partial charge in [-0.25, -0.2) is 8.78 Å². The molecule has 2 aromatic carbocycles. The number of hydrogen-bond acceptors (Lipinski definition) is 3. The fourth-order valence-electron chi connectivity index (χ4n) is 2.07. The van der Waals surface area contributed by atoms with E-state index in [2.05, 4.69) is 0 Å². The summed E-state index contributed by atoms with van der Waals surface area (Å²) in [5, 5.41) is 10.2. The first-order valence-corrected chi connectivity index (χ1v) is 6.39. The molecule has 0 fully saturated rings. The van der Waals surface area contributed by atoms with Gasteiger partial charge in [0, 0.05) is 12.5 Å². The lowest BCUT2D eigenvalue weighted by Gasteiger charge is -2.14. The highest BCUT2D eigenvalue weighted by molar-refractivity contribution is 5.43. The predicted octanol–water partition coefficient (Wildman–Crippen LogP) is 3.26. The van der Waals surface area contributed by atoms with Crippen LogP contribution in [0, 0.1) is 11.6 Å². The summed E-state index contributed by atoms with van der Waals surface area (Å²) in [6.07, 6.45) is -0.883. The molecular weight excluding hydrogens is 278 g/mol. The Morgan fingerprint density at radius 2 is 1.71 bits per heavy atom. The lowest BCUT2D eigenvalue weighted by Crippen LogP contribution is -2.04. The average Bonchev–Trinajstić information content (AvgIpc) is 2.49. The summed E-state index contributed by atoms with van der Waals surface area (Å²) in [5.74, 6) is -0.290. The molecule has 112 valence electrons. The van der Waals surface area contributed by atoms with Gasteiger partial charge in [0.15, 0.2) is 11.5 Å². The Hall–Kier alpha value is -2.14. The summed E-state index contributed by atoms with van der Waals surface area (Å²) < 4.78 is 36.7. The zero-order valence-corrected chi connectivity index (χ0v) is 11.8. The maximum Gasteiger partial charge on any atom is 0.161 e. The number of aliphatic hydroxyl groups excluding tert-OH is 1. The number of ether oxygens (including phenoxy) is 2. The molecule has 0 aliphatic carbocycles. The van der Waals surface area contributed by atoms with Crippen molar-refractivity contribution in [3.8, 4) is 11.5 Å². The van der Waals surface area contributed by atoms with Gasteiger partial charge in [0.1, 0.15) is 11.6 Å². The molecule has 0 spiro atoms. The lowest BCUT2D eigenvalue weighted by molar-refractivity contribution is 0.176. The van der Waals surface area contributed by atoms with Crippen LogP contribution < -0.4 is 9.47 Å². The molecule has 0 bridgehead atoms. The average molecular weight is 294 g/mol. The van der Waals surface area contributed by atoms with Gasteiger partial charge in [-0.1, -0.05) is 12.1 Å². The standard InChI is InChI=1S/C16H16F2O3/c1-20-15-6-4-11(8-16(15)21-2)14(19)7-10-3-5-12(17)9-13(10)18/h3-6,8-9,14,19H,7H2,1-2H3. The molecule has 5 heteroatoms. The Balaban J connectivity index is 2.21. The van der Waals surface area contributed by atoms with E-state index in [1.54, 1.807) is 18.2 Å². The predicted molar refractivity (Wildman–Crippen MR) is 74.6 cm³/mol. The van der Waals surface area contributed by atoms with Crippen LogP contribution in [-0.2, 0) is 6.42 Å². The normalized spacial score (nSPS) is 12.0. The van der Waals surface area contributed by atoms with Gasteiger partial charge in [0.2, 0.25) is 0 Å². The Bertz CT molecular complexity index is 629. The van der Waals surface area contributed by atoms with Gasteiger partial charge in [0.05, 0.1) is 20.3 Å². The van der Waals surface area contributed by atoms with Crippen LogP contribution in [-0.4, -0.2) is 19.3 Å². The molecule has 0 aliphatic heterocycles. The quantitative estimate of drug-likeness (QED) is 0.920. The fourth-order valence-corrected chi connectivity index (χ4v) is 2.07. The van der Waals surface area contributed by atoms with E-state index in [1.807, 2.05) is 0 Å². The van der Waals surface area contributed by atoms with Crippen LogP contribution >= 0.6 is 0 Å². The van der Waals surface area contributed by atoms with Gasteiger partial charge < -0.3 is 14.6 Å². The Kier molecular flexibility index (Phi) is 4.75. The highest BCUT2D eigenvalue weighted by atomic mass is 19.1. The van der Waals surface area contributed by atoms with Crippen LogP contribution in [0.5, 0.6) is 11.5 Å². The Morgan fingerprint density at radius 1 is 1.00 bits per heavy atom. The van der Waals surface area contributed by atoms with E-state index in [-0.39, 0.29) is 12.0 Å². The molecule has 0 saturated carbocycles. The molecule has 1 atom stereocenters. The van der Waals surface area contributed by atoms with Crippen LogP contribution in [0.15, 0.2) is 36.4 Å². The van der Waals surface area contributed by atoms with Crippen molar-refractivity contribution in [3.63, 3.8) is 0 Å². The monoisotopic (exact) mass is 294 g/mol. The second-order valence-electron chi connectivity index (χ2n) is 4.57. The molecule has 2 aromatic rings. The first kappa shape index (κ1) is 15.3. The van der Waals surface area contributed by atoms with Crippen molar-refractivity contribution in [1.82, 2.24) is 0 Å². The van der Waals surface area contributed by atoms with E-state index in [0.29, 0.717) is 17.1 Å². The third-order valence-electron chi connectivity index (χ3n) is 3.22. The van der Waals surface area contributed by atoms with Crippen LogP contribution in [0.1, 0.15) is 17.2 Å². The first-order chi connectivity index (χ1) is 10.0. The zero-order chi connectivity index (χ0) is 15.4. The second kappa shape index (κ2) is 6.54. The maximum atomic E-state index is 13.6. The third-order valence-corrected chi connectivity index (χ3v) is 3.22. The maximum absolute atomic E-state index is 13.6. The zero-order valence-electron chi connectivity index (χ0n) is 11.8. The van der Waals surface area contributed by atoms with E-state index >= 15 is 0 Å². The molecule has 0 saturated heterocycles. The van der Waals surface area contributed by atoms with Crippen molar-refractivity contribution < 1.29 is 23.4 Å². The number of halogens is 2. The molecule has 0 heterocycles. The highest BCUT2D eigenvalue weighted by Crippen LogP contribution is 2.31. The van der Waals surface area contributed by atoms with Crippen molar-refractivity contribution >= 4 is 0 Å². The minimum atomic E-state index is -0.926. The summed E-state index contributed by atoms with van der Waals surface area (Å²) in [5.41, 5.74) is 0.815. The minimum Gasteiger partial charge on any atom is -0.493 e. The summed E-state index contributed by atoms with van der Waals surface area (Å²) in [4.78, 5) is 0. The molecule has 2 rings (SSSR count). The topological polar surface area (TPSA) is 38.7 Å². The molecule has 0 radical (unpaired) electrons. The highest BCUT2D eigenvalue weighted by Gasteiger charge is 2.14. The van der Waals surface area contributed by atoms with E-state index < -0.39 is 17.7 Å². The van der Waals surface area contributed by atoms with E-state index in [1.165, 1.54) is 26.4 Å². The van der Waals surface area contributed by atoms with Crippen LogP contribution in [0.3, 0.4) is 0 Å². The van der Waals surface area contributed by atoms with E-state index in [0.717, 1.165) is 6.07 Å². The molecule has 0 aliphatic rings. The first-order valence-electron chi connectivity index (χ1n) is 6.39. The summed E-state index contributed by atoms with van der Waals surface area (Å²) >= 11 is 0. The van der Waals surface area contributed by atoms with Gasteiger partial charge >= 0.3 is 0 Å². The Morgan fingerprint density at radius 3 is 2.33 bits per heavy atom. The number of rotatable bonds is 5. The second-order valence-corrected chi connectivity index (χ2v) is 4.57. The summed E-state index contributed by atoms with van der Waals surface area (Å²) in [7, 11) is 3.01. The number of hydrogen-bond donors (Lipinski definition) is 1. The largest absolute Gasteiger partial charge is 0.493 e. The van der Waals surface area contributed by atoms with Crippen molar-refractivity contribution in [2.45, 2.75) is 12.5 Å². The molecular formula is C16H16F2O3. The summed E-state index contributed by atoms with van der Waals surface area (Å²) in [6, 6.07) is 8.27. The van der Waals surface area contributed by atoms with Crippen LogP contribution in [0.25, 0.3) is 0 Å². The van der Waals surface area contributed by atoms with Crippen LogP contribution in [0.2, 0.25) is 0 Å². The smallest absolute Gasteiger partial charge is 0.161 e. The number of benzene rings is 2. The van der Waals surface area contributed by atoms with Gasteiger partial charge in [-0.15, -0.1) is 0 Å².